The zero-order valence-corrected chi connectivity index (χ0v) is 14.7. The summed E-state index contributed by atoms with van der Waals surface area (Å²) < 4.78 is 0. The second kappa shape index (κ2) is 8.34. The van der Waals surface area contributed by atoms with E-state index in [0.717, 1.165) is 12.2 Å². The summed E-state index contributed by atoms with van der Waals surface area (Å²) >= 11 is 0. The molecule has 2 heteroatoms. The number of hydrogen-bond acceptors (Lipinski definition) is 1. The third-order valence-electron chi connectivity index (χ3n) is 3.71. The van der Waals surface area contributed by atoms with Crippen LogP contribution in [0.5, 0.6) is 0 Å². The van der Waals surface area contributed by atoms with Gasteiger partial charge in [0.25, 0.3) is 0 Å². The lowest BCUT2D eigenvalue weighted by Crippen LogP contribution is -2.16. The number of rotatable bonds is 4. The van der Waals surface area contributed by atoms with Crippen molar-refractivity contribution >= 4 is 24.2 Å². The van der Waals surface area contributed by atoms with Crippen LogP contribution in [0, 0.1) is 11.7 Å². The highest BCUT2D eigenvalue weighted by molar-refractivity contribution is 7.77. The fourth-order valence-corrected chi connectivity index (χ4v) is 4.19. The van der Waals surface area contributed by atoms with Gasteiger partial charge in [-0.25, -0.2) is 0 Å². The molecule has 0 heterocycles. The number of hydrogen-bond donors (Lipinski definition) is 0. The first-order valence-electron chi connectivity index (χ1n) is 8.12. The molecule has 3 aromatic carbocycles. The summed E-state index contributed by atoms with van der Waals surface area (Å²) in [4.78, 5) is 2.11. The van der Waals surface area contributed by atoms with Gasteiger partial charge in [-0.05, 0) is 35.3 Å². The van der Waals surface area contributed by atoms with Crippen LogP contribution in [-0.2, 0) is 0 Å². The Morgan fingerprint density at radius 3 is 1.62 bits per heavy atom. The van der Waals surface area contributed by atoms with Crippen molar-refractivity contribution in [2.75, 3.05) is 11.4 Å². The number of nitrogens with zero attached hydrogens (tertiary/aromatic N) is 1. The third-order valence-corrected chi connectivity index (χ3v) is 5.66. The van der Waals surface area contributed by atoms with E-state index in [4.69, 9.17) is 0 Å². The molecule has 0 bridgehead atoms. The molecule has 0 saturated carbocycles. The zero-order valence-electron chi connectivity index (χ0n) is 13.8. The van der Waals surface area contributed by atoms with Gasteiger partial charge in [-0.2, -0.15) is 0 Å². The molecule has 0 aliphatic rings. The molecule has 0 fully saturated rings. The van der Waals surface area contributed by atoms with E-state index in [9.17, 15) is 0 Å². The summed E-state index contributed by atoms with van der Waals surface area (Å²) in [5.41, 5.74) is 4.68. The van der Waals surface area contributed by atoms with Crippen molar-refractivity contribution in [1.82, 2.24) is 0 Å². The van der Waals surface area contributed by atoms with E-state index in [1.807, 2.05) is 6.07 Å². The molecule has 3 rings (SSSR count). The molecule has 0 aromatic heterocycles. The van der Waals surface area contributed by atoms with Crippen molar-refractivity contribution in [2.24, 2.45) is 0 Å². The van der Waals surface area contributed by atoms with Gasteiger partial charge in [-0.1, -0.05) is 78.9 Å². The van der Waals surface area contributed by atoms with Crippen LogP contribution in [0.25, 0.3) is 0 Å². The van der Waals surface area contributed by atoms with Crippen LogP contribution in [0.15, 0.2) is 91.0 Å². The van der Waals surface area contributed by atoms with E-state index < -0.39 is 7.92 Å². The second-order valence-electron chi connectivity index (χ2n) is 5.31. The SMILES string of the molecule is CCN(C#CP(c1ccccc1)c1ccccc1)c1ccccc1. The van der Waals surface area contributed by atoms with E-state index in [0.29, 0.717) is 0 Å². The summed E-state index contributed by atoms with van der Waals surface area (Å²) in [5, 5.41) is 2.57. The highest BCUT2D eigenvalue weighted by Crippen LogP contribution is 2.31. The molecule has 24 heavy (non-hydrogen) atoms. The van der Waals surface area contributed by atoms with Crippen molar-refractivity contribution in [3.05, 3.63) is 91.0 Å². The van der Waals surface area contributed by atoms with E-state index in [1.54, 1.807) is 0 Å². The quantitative estimate of drug-likeness (QED) is 0.385. The molecule has 0 aliphatic heterocycles. The van der Waals surface area contributed by atoms with Crippen LogP contribution in [0.2, 0.25) is 0 Å². The lowest BCUT2D eigenvalue weighted by atomic mass is 10.3. The minimum Gasteiger partial charge on any atom is -0.302 e. The predicted octanol–water partition coefficient (Wildman–Crippen LogP) is 4.56. The first kappa shape index (κ1) is 16.3. The van der Waals surface area contributed by atoms with Gasteiger partial charge in [0.05, 0.1) is 0 Å². The van der Waals surface area contributed by atoms with E-state index >= 15 is 0 Å². The van der Waals surface area contributed by atoms with Gasteiger partial charge in [-0.3, -0.25) is 0 Å². The van der Waals surface area contributed by atoms with Crippen molar-refractivity contribution in [3.8, 4) is 11.7 Å². The fraction of sp³-hybridized carbons (Fsp3) is 0.0909. The van der Waals surface area contributed by atoms with Gasteiger partial charge in [0, 0.05) is 26.2 Å². The monoisotopic (exact) mass is 329 g/mol. The predicted molar refractivity (Wildman–Crippen MR) is 106 cm³/mol. The van der Waals surface area contributed by atoms with Gasteiger partial charge in [0.1, 0.15) is 0 Å². The summed E-state index contributed by atoms with van der Waals surface area (Å²) in [7, 11) is -0.682. The van der Waals surface area contributed by atoms with Gasteiger partial charge < -0.3 is 4.90 Å². The largest absolute Gasteiger partial charge is 0.302 e. The van der Waals surface area contributed by atoms with Crippen molar-refractivity contribution in [3.63, 3.8) is 0 Å². The number of para-hydroxylation sites is 1. The maximum Gasteiger partial charge on any atom is 0.0489 e. The van der Waals surface area contributed by atoms with Crippen molar-refractivity contribution < 1.29 is 0 Å². The van der Waals surface area contributed by atoms with Crippen molar-refractivity contribution in [1.29, 1.82) is 0 Å². The summed E-state index contributed by atoms with van der Waals surface area (Å²) in [6, 6.07) is 34.9. The highest BCUT2D eigenvalue weighted by atomic mass is 31.1. The molecular formula is C22H20NP. The Kier molecular flexibility index (Phi) is 5.67. The lowest BCUT2D eigenvalue weighted by Gasteiger charge is -2.16. The van der Waals surface area contributed by atoms with Crippen LogP contribution in [0.3, 0.4) is 0 Å². The topological polar surface area (TPSA) is 3.24 Å². The standard InChI is InChI=1S/C22H20NP/c1-2-23(20-12-6-3-7-13-20)18-19-24(21-14-8-4-9-15-21)22-16-10-5-11-17-22/h3-17H,2H2,1H3. The molecule has 0 N–H and O–H groups in total. The molecule has 0 radical (unpaired) electrons. The van der Waals surface area contributed by atoms with Crippen LogP contribution in [-0.4, -0.2) is 6.54 Å². The Morgan fingerprint density at radius 2 is 1.17 bits per heavy atom. The van der Waals surface area contributed by atoms with E-state index in [1.165, 1.54) is 10.6 Å². The molecule has 0 saturated heterocycles. The van der Waals surface area contributed by atoms with Crippen LogP contribution in [0.1, 0.15) is 6.92 Å². The highest BCUT2D eigenvalue weighted by Gasteiger charge is 2.11. The van der Waals surface area contributed by atoms with Crippen LogP contribution >= 0.6 is 7.92 Å². The second-order valence-corrected chi connectivity index (χ2v) is 7.24. The minimum absolute atomic E-state index is 0.682. The van der Waals surface area contributed by atoms with Gasteiger partial charge in [0.15, 0.2) is 0 Å². The molecule has 0 atom stereocenters. The van der Waals surface area contributed by atoms with Gasteiger partial charge in [0.2, 0.25) is 0 Å². The average molecular weight is 329 g/mol. The molecule has 118 valence electrons. The normalized spacial score (nSPS) is 10.1. The molecular weight excluding hydrogens is 309 g/mol. The molecule has 1 nitrogen and oxygen atoms in total. The maximum atomic E-state index is 3.54. The zero-order chi connectivity index (χ0) is 16.6. The van der Waals surface area contributed by atoms with E-state index in [2.05, 4.69) is 108 Å². The Balaban J connectivity index is 1.96. The Bertz CT molecular complexity index is 765. The van der Waals surface area contributed by atoms with Gasteiger partial charge in [-0.15, -0.1) is 0 Å². The maximum absolute atomic E-state index is 3.54. The molecule has 0 amide bonds. The summed E-state index contributed by atoms with van der Waals surface area (Å²) in [5.74, 6) is 0. The Labute approximate surface area is 145 Å². The van der Waals surface area contributed by atoms with Crippen LogP contribution < -0.4 is 15.5 Å². The summed E-state index contributed by atoms with van der Waals surface area (Å²) in [6.07, 6.45) is 0. The van der Waals surface area contributed by atoms with Crippen molar-refractivity contribution in [2.45, 2.75) is 6.92 Å². The van der Waals surface area contributed by atoms with Gasteiger partial charge >= 0.3 is 0 Å². The average Bonchev–Trinajstić information content (AvgIpc) is 2.67. The third kappa shape index (κ3) is 4.05. The number of benzene rings is 3. The molecule has 0 unspecified atom stereocenters. The first-order valence-corrected chi connectivity index (χ1v) is 9.47. The Morgan fingerprint density at radius 1 is 0.708 bits per heavy atom. The van der Waals surface area contributed by atoms with Crippen LogP contribution in [0.4, 0.5) is 5.69 Å². The molecule has 0 spiro atoms. The first-order chi connectivity index (χ1) is 11.9. The number of anilines is 1. The molecule has 0 aliphatic carbocycles. The van der Waals surface area contributed by atoms with E-state index in [-0.39, 0.29) is 0 Å². The fourth-order valence-electron chi connectivity index (χ4n) is 2.48. The molecule has 3 aromatic rings. The summed E-state index contributed by atoms with van der Waals surface area (Å²) in [6.45, 7) is 3.00. The smallest absolute Gasteiger partial charge is 0.0489 e. The Hall–Kier alpha value is -2.55. The lowest BCUT2D eigenvalue weighted by molar-refractivity contribution is 1.05. The minimum atomic E-state index is -0.682.